The Hall–Kier alpha value is -1.39. The highest BCUT2D eigenvalue weighted by molar-refractivity contribution is 6.50. The zero-order chi connectivity index (χ0) is 9.10. The lowest BCUT2D eigenvalue weighted by molar-refractivity contribution is 0.362. The van der Waals surface area contributed by atoms with Crippen LogP contribution >= 0.6 is 0 Å². The van der Waals surface area contributed by atoms with Gasteiger partial charge in [-0.05, 0) is 16.9 Å². The topological polar surface area (TPSA) is 48.1 Å². The molecule has 3 nitrogen and oxygen atoms in total. The molecular weight excluding hydrogens is 163 g/mol. The Kier molecular flexibility index (Phi) is 2.25. The number of para-hydroxylation sites is 1. The van der Waals surface area contributed by atoms with Crippen LogP contribution in [0.5, 0.6) is 0 Å². The van der Waals surface area contributed by atoms with E-state index < -0.39 is 0 Å². The van der Waals surface area contributed by atoms with Gasteiger partial charge in [-0.1, -0.05) is 24.3 Å². The maximum Gasteiger partial charge on any atom is 0.338 e. The van der Waals surface area contributed by atoms with Crippen LogP contribution in [-0.2, 0) is 4.76 Å². The first-order valence-corrected chi connectivity index (χ1v) is 4.06. The van der Waals surface area contributed by atoms with Crippen molar-refractivity contribution in [2.45, 2.75) is 0 Å². The van der Waals surface area contributed by atoms with Crippen molar-refractivity contribution in [1.29, 1.82) is 0 Å². The highest BCUT2D eigenvalue weighted by atomic mass is 16.6. The second-order valence-corrected chi connectivity index (χ2v) is 2.80. The van der Waals surface area contributed by atoms with Crippen molar-refractivity contribution in [3.63, 3.8) is 0 Å². The highest BCUT2D eigenvalue weighted by Crippen LogP contribution is 2.06. The number of benzene rings is 1. The van der Waals surface area contributed by atoms with Gasteiger partial charge in [-0.3, -0.25) is 4.98 Å². The molecular formula is C9H9BN2O. The normalized spacial score (nSPS) is 10.2. The second kappa shape index (κ2) is 3.55. The van der Waals surface area contributed by atoms with E-state index in [9.17, 15) is 0 Å². The third-order valence-corrected chi connectivity index (χ3v) is 1.96. The number of fused-ring (bicyclic) bond motifs is 1. The van der Waals surface area contributed by atoms with Gasteiger partial charge in [0.25, 0.3) is 0 Å². The van der Waals surface area contributed by atoms with Crippen LogP contribution in [0, 0.1) is 0 Å². The monoisotopic (exact) mass is 172 g/mol. The Morgan fingerprint density at radius 2 is 2.08 bits per heavy atom. The zero-order valence-corrected chi connectivity index (χ0v) is 7.10. The van der Waals surface area contributed by atoms with E-state index in [0.717, 1.165) is 16.4 Å². The smallest absolute Gasteiger partial charge is 0.338 e. The Morgan fingerprint density at radius 3 is 2.92 bits per heavy atom. The fraction of sp³-hybridized carbons (Fsp3) is 0. The van der Waals surface area contributed by atoms with Crippen molar-refractivity contribution in [2.75, 3.05) is 0 Å². The van der Waals surface area contributed by atoms with Gasteiger partial charge in [-0.25, -0.2) is 5.90 Å². The minimum Gasteiger partial charge on any atom is -0.365 e. The predicted molar refractivity (Wildman–Crippen MR) is 53.8 cm³/mol. The van der Waals surface area contributed by atoms with Crippen LogP contribution in [0.3, 0.4) is 0 Å². The summed E-state index contributed by atoms with van der Waals surface area (Å²) in [5.74, 6) is 5.02. The van der Waals surface area contributed by atoms with Crippen LogP contribution in [0.1, 0.15) is 0 Å². The summed E-state index contributed by atoms with van der Waals surface area (Å²) in [6.45, 7) is 0. The third kappa shape index (κ3) is 1.54. The van der Waals surface area contributed by atoms with E-state index in [2.05, 4.69) is 9.74 Å². The lowest BCUT2D eigenvalue weighted by Crippen LogP contribution is -2.21. The van der Waals surface area contributed by atoms with Gasteiger partial charge in [-0.2, -0.15) is 0 Å². The molecule has 0 spiro atoms. The highest BCUT2D eigenvalue weighted by Gasteiger charge is 2.02. The molecule has 2 rings (SSSR count). The van der Waals surface area contributed by atoms with E-state index in [-0.39, 0.29) is 0 Å². The largest absolute Gasteiger partial charge is 0.365 e. The molecule has 0 aliphatic heterocycles. The van der Waals surface area contributed by atoms with E-state index >= 15 is 0 Å². The molecule has 1 aromatic heterocycles. The number of nitrogens with zero attached hydrogens (tertiary/aromatic N) is 1. The molecule has 0 aliphatic carbocycles. The molecule has 0 radical (unpaired) electrons. The second-order valence-electron chi connectivity index (χ2n) is 2.80. The molecule has 0 bridgehead atoms. The van der Waals surface area contributed by atoms with E-state index in [1.54, 1.807) is 6.20 Å². The first kappa shape index (κ1) is 8.22. The van der Waals surface area contributed by atoms with Gasteiger partial charge in [0.1, 0.15) is 0 Å². The van der Waals surface area contributed by atoms with Crippen LogP contribution in [0.15, 0.2) is 36.5 Å². The van der Waals surface area contributed by atoms with Crippen LogP contribution in [0.2, 0.25) is 0 Å². The molecule has 0 saturated heterocycles. The molecule has 0 fully saturated rings. The van der Waals surface area contributed by atoms with E-state index in [0.29, 0.717) is 7.48 Å². The number of nitrogens with two attached hydrogens (primary N) is 1. The fourth-order valence-electron chi connectivity index (χ4n) is 1.37. The van der Waals surface area contributed by atoms with E-state index in [1.807, 2.05) is 30.3 Å². The lowest BCUT2D eigenvalue weighted by Gasteiger charge is -2.01. The average Bonchev–Trinajstić information content (AvgIpc) is 2.19. The number of hydrogen-bond donors (Lipinski definition) is 1. The molecule has 1 heterocycles. The summed E-state index contributed by atoms with van der Waals surface area (Å²) in [4.78, 5) is 4.26. The maximum atomic E-state index is 5.02. The van der Waals surface area contributed by atoms with Crippen LogP contribution in [0.25, 0.3) is 10.9 Å². The lowest BCUT2D eigenvalue weighted by atomic mass is 9.86. The Morgan fingerprint density at radius 1 is 1.23 bits per heavy atom. The quantitative estimate of drug-likeness (QED) is 0.516. The molecule has 1 aromatic carbocycles. The summed E-state index contributed by atoms with van der Waals surface area (Å²) >= 11 is 0. The summed E-state index contributed by atoms with van der Waals surface area (Å²) in [6, 6.07) is 9.88. The first-order valence-electron chi connectivity index (χ1n) is 4.06. The van der Waals surface area contributed by atoms with Gasteiger partial charge >= 0.3 is 7.48 Å². The predicted octanol–water partition coefficient (Wildman–Crippen LogP) is 0.102. The zero-order valence-electron chi connectivity index (χ0n) is 7.10. The van der Waals surface area contributed by atoms with E-state index in [1.165, 1.54) is 0 Å². The molecule has 2 aromatic rings. The van der Waals surface area contributed by atoms with Gasteiger partial charge in [0.15, 0.2) is 0 Å². The minimum atomic E-state index is 0.397. The number of aromatic nitrogens is 1. The molecule has 0 unspecified atom stereocenters. The van der Waals surface area contributed by atoms with Crippen molar-refractivity contribution in [1.82, 2.24) is 4.98 Å². The van der Waals surface area contributed by atoms with Crippen molar-refractivity contribution in [3.8, 4) is 0 Å². The number of rotatable bonds is 2. The number of hydrogen-bond acceptors (Lipinski definition) is 3. The molecule has 0 aliphatic rings. The summed E-state index contributed by atoms with van der Waals surface area (Å²) < 4.78 is 4.60. The van der Waals surface area contributed by atoms with Gasteiger partial charge in [0.05, 0.1) is 5.52 Å². The standard InChI is InChI=1S/C9H9BN2O/c11-13-10-8-5-1-3-7-4-2-6-12-9(7)8/h1-6,10H,11H2. The van der Waals surface area contributed by atoms with Crippen LogP contribution in [0.4, 0.5) is 0 Å². The van der Waals surface area contributed by atoms with Gasteiger partial charge in [0.2, 0.25) is 0 Å². The van der Waals surface area contributed by atoms with Crippen molar-refractivity contribution in [3.05, 3.63) is 36.5 Å². The minimum absolute atomic E-state index is 0.397. The molecule has 0 amide bonds. The Bertz CT molecular complexity index is 414. The molecule has 4 heteroatoms. The first-order chi connectivity index (χ1) is 6.42. The van der Waals surface area contributed by atoms with Crippen molar-refractivity contribution in [2.24, 2.45) is 5.90 Å². The van der Waals surface area contributed by atoms with Gasteiger partial charge in [0, 0.05) is 6.20 Å². The molecule has 64 valence electrons. The van der Waals surface area contributed by atoms with Gasteiger partial charge < -0.3 is 4.76 Å². The van der Waals surface area contributed by atoms with Crippen LogP contribution in [-0.4, -0.2) is 12.5 Å². The average molecular weight is 172 g/mol. The molecule has 13 heavy (non-hydrogen) atoms. The van der Waals surface area contributed by atoms with Crippen molar-refractivity contribution < 1.29 is 4.76 Å². The van der Waals surface area contributed by atoms with E-state index in [4.69, 9.17) is 5.90 Å². The fourth-order valence-corrected chi connectivity index (χ4v) is 1.37. The summed E-state index contributed by atoms with van der Waals surface area (Å²) in [7, 11) is 0.397. The SMILES string of the molecule is NOBc1cccc2cccnc12. The Labute approximate surface area is 76.8 Å². The summed E-state index contributed by atoms with van der Waals surface area (Å²) in [6.07, 6.45) is 1.77. The maximum absolute atomic E-state index is 5.02. The third-order valence-electron chi connectivity index (χ3n) is 1.96. The molecule has 0 saturated carbocycles. The molecule has 0 atom stereocenters. The summed E-state index contributed by atoms with van der Waals surface area (Å²) in [5.41, 5.74) is 1.97. The van der Waals surface area contributed by atoms with Gasteiger partial charge in [-0.15, -0.1) is 0 Å². The molecule has 2 N–H and O–H groups in total. The summed E-state index contributed by atoms with van der Waals surface area (Å²) in [5, 5.41) is 1.11. The van der Waals surface area contributed by atoms with Crippen molar-refractivity contribution >= 4 is 23.8 Å². The Balaban J connectivity index is 2.61. The van der Waals surface area contributed by atoms with Crippen LogP contribution < -0.4 is 11.4 Å². The number of pyridine rings is 1.